The quantitative estimate of drug-likeness (QED) is 0.724. The van der Waals surface area contributed by atoms with Gasteiger partial charge in [-0.25, -0.2) is 0 Å². The average molecular weight is 193 g/mol. The van der Waals surface area contributed by atoms with Crippen LogP contribution < -0.4 is 5.73 Å². The first-order valence-electron chi connectivity index (χ1n) is 4.47. The first-order chi connectivity index (χ1) is 6.56. The molecule has 0 aromatic heterocycles. The van der Waals surface area contributed by atoms with E-state index < -0.39 is 12.0 Å². The zero-order valence-electron chi connectivity index (χ0n) is 8.70. The van der Waals surface area contributed by atoms with Gasteiger partial charge in [0.25, 0.3) is 0 Å². The van der Waals surface area contributed by atoms with Gasteiger partial charge in [0.2, 0.25) is 0 Å². The molecule has 0 aliphatic rings. The molecule has 14 heavy (non-hydrogen) atoms. The average Bonchev–Trinajstić information content (AvgIpc) is 2.20. The van der Waals surface area contributed by atoms with Crippen LogP contribution >= 0.6 is 0 Å². The summed E-state index contributed by atoms with van der Waals surface area (Å²) in [6, 6.07) is 5.04. The molecule has 1 aromatic carbocycles. The molecule has 3 nitrogen and oxygen atoms in total. The number of hydrogen-bond acceptors (Lipinski definition) is 3. The molecule has 0 bridgehead atoms. The van der Waals surface area contributed by atoms with Crippen molar-refractivity contribution in [3.05, 3.63) is 34.9 Å². The number of carbonyl (C=O) groups excluding carboxylic acids is 1. The topological polar surface area (TPSA) is 52.3 Å². The molecule has 3 heteroatoms. The van der Waals surface area contributed by atoms with E-state index >= 15 is 0 Å². The molecule has 0 fully saturated rings. The van der Waals surface area contributed by atoms with Crippen molar-refractivity contribution in [3.8, 4) is 0 Å². The molecule has 1 atom stereocenters. The van der Waals surface area contributed by atoms with Gasteiger partial charge in [0.15, 0.2) is 0 Å². The lowest BCUT2D eigenvalue weighted by molar-refractivity contribution is -0.142. The predicted molar refractivity (Wildman–Crippen MR) is 54.9 cm³/mol. The highest BCUT2D eigenvalue weighted by atomic mass is 16.5. The van der Waals surface area contributed by atoms with Gasteiger partial charge in [-0.05, 0) is 30.5 Å². The second-order valence-corrected chi connectivity index (χ2v) is 3.34. The number of benzene rings is 1. The maximum absolute atomic E-state index is 11.2. The summed E-state index contributed by atoms with van der Waals surface area (Å²) in [6.45, 7) is 4.01. The summed E-state index contributed by atoms with van der Waals surface area (Å²) in [5.74, 6) is -0.409. The first kappa shape index (κ1) is 10.7. The van der Waals surface area contributed by atoms with Crippen molar-refractivity contribution >= 4 is 5.97 Å². The zero-order chi connectivity index (χ0) is 10.7. The minimum Gasteiger partial charge on any atom is -0.468 e. The van der Waals surface area contributed by atoms with E-state index in [0.717, 1.165) is 11.1 Å². The molecule has 1 aromatic rings. The number of aryl methyl sites for hydroxylation is 2. The molecule has 0 aliphatic heterocycles. The number of esters is 1. The molecular formula is C11H15NO2. The van der Waals surface area contributed by atoms with Crippen molar-refractivity contribution in [1.82, 2.24) is 0 Å². The fourth-order valence-corrected chi connectivity index (χ4v) is 1.22. The first-order valence-corrected chi connectivity index (χ1v) is 4.47. The highest BCUT2D eigenvalue weighted by molar-refractivity contribution is 5.77. The van der Waals surface area contributed by atoms with E-state index in [1.54, 1.807) is 0 Å². The second kappa shape index (κ2) is 4.24. The van der Waals surface area contributed by atoms with Crippen molar-refractivity contribution < 1.29 is 9.53 Å². The fraction of sp³-hybridized carbons (Fsp3) is 0.364. The van der Waals surface area contributed by atoms with Crippen molar-refractivity contribution in [3.63, 3.8) is 0 Å². The Labute approximate surface area is 83.9 Å². The van der Waals surface area contributed by atoms with Crippen LogP contribution in [-0.4, -0.2) is 13.1 Å². The molecule has 76 valence electrons. The molecule has 0 spiro atoms. The smallest absolute Gasteiger partial charge is 0.327 e. The monoisotopic (exact) mass is 193 g/mol. The highest BCUT2D eigenvalue weighted by Crippen LogP contribution is 2.16. The third-order valence-electron chi connectivity index (χ3n) is 2.35. The van der Waals surface area contributed by atoms with Crippen molar-refractivity contribution in [2.75, 3.05) is 7.11 Å². The van der Waals surface area contributed by atoms with Crippen LogP contribution in [0.3, 0.4) is 0 Å². The number of ether oxygens (including phenoxy) is 1. The fourth-order valence-electron chi connectivity index (χ4n) is 1.22. The van der Waals surface area contributed by atoms with E-state index in [-0.39, 0.29) is 0 Å². The molecule has 0 saturated carbocycles. The Kier molecular flexibility index (Phi) is 3.25. The van der Waals surface area contributed by atoms with E-state index in [1.807, 2.05) is 32.0 Å². The molecule has 0 amide bonds. The summed E-state index contributed by atoms with van der Waals surface area (Å²) in [5, 5.41) is 0. The maximum atomic E-state index is 11.2. The summed E-state index contributed by atoms with van der Waals surface area (Å²) in [5.41, 5.74) is 8.80. The number of nitrogens with two attached hydrogens (primary N) is 1. The van der Waals surface area contributed by atoms with Crippen LogP contribution in [0.5, 0.6) is 0 Å². The van der Waals surface area contributed by atoms with Crippen molar-refractivity contribution in [2.45, 2.75) is 19.9 Å². The Morgan fingerprint density at radius 2 is 2.00 bits per heavy atom. The molecule has 0 aliphatic carbocycles. The lowest BCUT2D eigenvalue weighted by atomic mass is 10.0. The Morgan fingerprint density at radius 1 is 1.36 bits per heavy atom. The van der Waals surface area contributed by atoms with E-state index in [4.69, 9.17) is 5.73 Å². The van der Waals surface area contributed by atoms with Crippen LogP contribution in [0, 0.1) is 13.8 Å². The van der Waals surface area contributed by atoms with Gasteiger partial charge in [-0.3, -0.25) is 4.79 Å². The summed E-state index contributed by atoms with van der Waals surface area (Å²) in [6.07, 6.45) is 0. The molecular weight excluding hydrogens is 178 g/mol. The standard InChI is InChI=1S/C11H15NO2/c1-7-4-5-9(6-8(7)2)10(12)11(13)14-3/h4-6,10H,12H2,1-3H3/t10-/m0/s1. The van der Waals surface area contributed by atoms with E-state index in [0.29, 0.717) is 0 Å². The van der Waals surface area contributed by atoms with Gasteiger partial charge in [-0.2, -0.15) is 0 Å². The molecule has 0 radical (unpaired) electrons. The van der Waals surface area contributed by atoms with Crippen molar-refractivity contribution in [2.24, 2.45) is 5.73 Å². The largest absolute Gasteiger partial charge is 0.468 e. The minimum absolute atomic E-state index is 0.409. The van der Waals surface area contributed by atoms with Gasteiger partial charge in [-0.1, -0.05) is 18.2 Å². The number of carbonyl (C=O) groups is 1. The van der Waals surface area contributed by atoms with Gasteiger partial charge < -0.3 is 10.5 Å². The summed E-state index contributed by atoms with van der Waals surface area (Å²) in [7, 11) is 1.34. The van der Waals surface area contributed by atoms with Gasteiger partial charge >= 0.3 is 5.97 Å². The van der Waals surface area contributed by atoms with Gasteiger partial charge in [0.05, 0.1) is 7.11 Å². The third-order valence-corrected chi connectivity index (χ3v) is 2.35. The Balaban J connectivity index is 2.96. The summed E-state index contributed by atoms with van der Waals surface area (Å²) >= 11 is 0. The van der Waals surface area contributed by atoms with Crippen LogP contribution in [0.25, 0.3) is 0 Å². The summed E-state index contributed by atoms with van der Waals surface area (Å²) in [4.78, 5) is 11.2. The van der Waals surface area contributed by atoms with E-state index in [1.165, 1.54) is 12.7 Å². The van der Waals surface area contributed by atoms with E-state index in [9.17, 15) is 4.79 Å². The maximum Gasteiger partial charge on any atom is 0.327 e. The van der Waals surface area contributed by atoms with Crippen LogP contribution in [0.2, 0.25) is 0 Å². The van der Waals surface area contributed by atoms with Gasteiger partial charge in [0.1, 0.15) is 6.04 Å². The van der Waals surface area contributed by atoms with Crippen LogP contribution in [0.4, 0.5) is 0 Å². The normalized spacial score (nSPS) is 12.3. The zero-order valence-corrected chi connectivity index (χ0v) is 8.70. The number of hydrogen-bond donors (Lipinski definition) is 1. The van der Waals surface area contributed by atoms with Crippen LogP contribution in [0.1, 0.15) is 22.7 Å². The lowest BCUT2D eigenvalue weighted by Crippen LogP contribution is -2.22. The van der Waals surface area contributed by atoms with Gasteiger partial charge in [0, 0.05) is 0 Å². The predicted octanol–water partition coefficient (Wildman–Crippen LogP) is 1.48. The number of rotatable bonds is 2. The van der Waals surface area contributed by atoms with Crippen LogP contribution in [-0.2, 0) is 9.53 Å². The minimum atomic E-state index is -0.681. The number of methoxy groups -OCH3 is 1. The molecule has 0 saturated heterocycles. The third kappa shape index (κ3) is 2.12. The summed E-state index contributed by atoms with van der Waals surface area (Å²) < 4.78 is 4.57. The molecule has 0 heterocycles. The highest BCUT2D eigenvalue weighted by Gasteiger charge is 2.15. The van der Waals surface area contributed by atoms with Crippen molar-refractivity contribution in [1.29, 1.82) is 0 Å². The van der Waals surface area contributed by atoms with Crippen LogP contribution in [0.15, 0.2) is 18.2 Å². The molecule has 2 N–H and O–H groups in total. The SMILES string of the molecule is COC(=O)[C@@H](N)c1ccc(C)c(C)c1. The Morgan fingerprint density at radius 3 is 2.50 bits per heavy atom. The van der Waals surface area contributed by atoms with Gasteiger partial charge in [-0.15, -0.1) is 0 Å². The molecule has 0 unspecified atom stereocenters. The Bertz CT molecular complexity index is 347. The Hall–Kier alpha value is -1.35. The van der Waals surface area contributed by atoms with E-state index in [2.05, 4.69) is 4.74 Å². The molecule has 1 rings (SSSR count). The second-order valence-electron chi connectivity index (χ2n) is 3.34. The lowest BCUT2D eigenvalue weighted by Gasteiger charge is -2.11.